The van der Waals surface area contributed by atoms with E-state index in [0.29, 0.717) is 18.5 Å². The van der Waals surface area contributed by atoms with Crippen LogP contribution in [0.1, 0.15) is 42.3 Å². The van der Waals surface area contributed by atoms with E-state index in [0.717, 1.165) is 5.56 Å². The molecule has 1 amide bonds. The Bertz CT molecular complexity index is 649. The molecule has 0 spiro atoms. The number of hydrogen-bond acceptors (Lipinski definition) is 6. The Hall–Kier alpha value is -2.44. The van der Waals surface area contributed by atoms with Gasteiger partial charge >= 0.3 is 12.1 Å². The van der Waals surface area contributed by atoms with Crippen LogP contribution in [0.5, 0.6) is 0 Å². The highest BCUT2D eigenvalue weighted by Crippen LogP contribution is 2.31. The Balaban J connectivity index is 2.30. The maximum atomic E-state index is 12.2. The van der Waals surface area contributed by atoms with Gasteiger partial charge in [0.05, 0.1) is 12.7 Å². The van der Waals surface area contributed by atoms with E-state index in [9.17, 15) is 14.5 Å². The van der Waals surface area contributed by atoms with Gasteiger partial charge in [-0.3, -0.25) is 0 Å². The summed E-state index contributed by atoms with van der Waals surface area (Å²) < 4.78 is 10.0. The van der Waals surface area contributed by atoms with Gasteiger partial charge in [-0.2, -0.15) is 0 Å². The van der Waals surface area contributed by atoms with Crippen molar-refractivity contribution in [2.45, 2.75) is 39.3 Å². The number of carbonyl (C=O) groups is 2. The zero-order chi connectivity index (χ0) is 17.2. The normalized spacial score (nSPS) is 14.0. The molecule has 1 aromatic carbocycles. The van der Waals surface area contributed by atoms with Crippen molar-refractivity contribution in [3.8, 4) is 0 Å². The number of nitroso groups, excluding NO2 is 1. The Morgan fingerprint density at radius 3 is 2.52 bits per heavy atom. The van der Waals surface area contributed by atoms with Gasteiger partial charge in [0.1, 0.15) is 11.3 Å². The molecule has 0 N–H and O–H groups in total. The first-order valence-electron chi connectivity index (χ1n) is 7.30. The van der Waals surface area contributed by atoms with E-state index in [1.54, 1.807) is 31.7 Å². The van der Waals surface area contributed by atoms with Crippen molar-refractivity contribution in [3.05, 3.63) is 33.7 Å². The maximum Gasteiger partial charge on any atom is 0.410 e. The molecule has 0 atom stereocenters. The molecule has 0 radical (unpaired) electrons. The highest BCUT2D eigenvalue weighted by atomic mass is 16.6. The predicted molar refractivity (Wildman–Crippen MR) is 83.6 cm³/mol. The van der Waals surface area contributed by atoms with Gasteiger partial charge in [0, 0.05) is 13.1 Å². The molecule has 1 aliphatic rings. The fourth-order valence-corrected chi connectivity index (χ4v) is 2.48. The molecule has 0 unspecified atom stereocenters. The lowest BCUT2D eigenvalue weighted by molar-refractivity contribution is 0.0224. The van der Waals surface area contributed by atoms with Crippen molar-refractivity contribution >= 4 is 17.7 Å². The summed E-state index contributed by atoms with van der Waals surface area (Å²) in [7, 11) is 1.27. The number of amides is 1. The molecular weight excluding hydrogens is 300 g/mol. The number of ether oxygens (including phenoxy) is 2. The second kappa shape index (κ2) is 6.36. The van der Waals surface area contributed by atoms with Crippen molar-refractivity contribution in [2.24, 2.45) is 5.18 Å². The average molecular weight is 320 g/mol. The number of esters is 1. The minimum atomic E-state index is -0.583. The van der Waals surface area contributed by atoms with Gasteiger partial charge < -0.3 is 14.4 Å². The molecule has 2 rings (SSSR count). The molecule has 0 fully saturated rings. The number of carbonyl (C=O) groups excluding carboxylic acids is 2. The number of nitrogens with zero attached hydrogens (tertiary/aromatic N) is 2. The van der Waals surface area contributed by atoms with Crippen LogP contribution >= 0.6 is 0 Å². The van der Waals surface area contributed by atoms with Crippen molar-refractivity contribution in [3.63, 3.8) is 0 Å². The molecule has 1 heterocycles. The maximum absolute atomic E-state index is 12.2. The van der Waals surface area contributed by atoms with E-state index in [1.165, 1.54) is 13.2 Å². The van der Waals surface area contributed by atoms with E-state index in [-0.39, 0.29) is 17.8 Å². The second-order valence-corrected chi connectivity index (χ2v) is 6.37. The van der Waals surface area contributed by atoms with Crippen LogP contribution < -0.4 is 0 Å². The quantitative estimate of drug-likeness (QED) is 0.617. The molecule has 124 valence electrons. The van der Waals surface area contributed by atoms with Crippen LogP contribution in [0.4, 0.5) is 10.5 Å². The van der Waals surface area contributed by atoms with Gasteiger partial charge in [0.2, 0.25) is 0 Å². The van der Waals surface area contributed by atoms with Gasteiger partial charge in [-0.25, -0.2) is 9.59 Å². The van der Waals surface area contributed by atoms with Crippen molar-refractivity contribution < 1.29 is 19.1 Å². The SMILES string of the molecule is COC(=O)c1cc2c(c(N=O)c1)CCN(C(=O)OC(C)(C)C)C2. The highest BCUT2D eigenvalue weighted by Gasteiger charge is 2.28. The number of benzene rings is 1. The summed E-state index contributed by atoms with van der Waals surface area (Å²) in [5.41, 5.74) is 1.34. The van der Waals surface area contributed by atoms with Crippen LogP contribution in [0, 0.1) is 4.91 Å². The Morgan fingerprint density at radius 1 is 1.26 bits per heavy atom. The van der Waals surface area contributed by atoms with Gasteiger partial charge in [0.15, 0.2) is 0 Å². The van der Waals surface area contributed by atoms with E-state index in [4.69, 9.17) is 4.74 Å². The second-order valence-electron chi connectivity index (χ2n) is 6.37. The summed E-state index contributed by atoms with van der Waals surface area (Å²) in [5, 5.41) is 3.00. The van der Waals surface area contributed by atoms with Gasteiger partial charge in [-0.05, 0) is 55.6 Å². The lowest BCUT2D eigenvalue weighted by atomic mass is 9.95. The number of rotatable bonds is 2. The third kappa shape index (κ3) is 3.85. The van der Waals surface area contributed by atoms with Crippen LogP contribution in [-0.2, 0) is 22.4 Å². The van der Waals surface area contributed by atoms with E-state index < -0.39 is 17.7 Å². The fourth-order valence-electron chi connectivity index (χ4n) is 2.48. The van der Waals surface area contributed by atoms with Crippen LogP contribution in [-0.4, -0.2) is 36.2 Å². The monoisotopic (exact) mass is 320 g/mol. The number of methoxy groups -OCH3 is 1. The third-order valence-electron chi connectivity index (χ3n) is 3.48. The summed E-state index contributed by atoms with van der Waals surface area (Å²) in [5.74, 6) is -0.549. The van der Waals surface area contributed by atoms with Crippen LogP contribution in [0.15, 0.2) is 17.3 Å². The molecule has 1 aliphatic heterocycles. The van der Waals surface area contributed by atoms with E-state index >= 15 is 0 Å². The average Bonchev–Trinajstić information content (AvgIpc) is 2.50. The molecule has 7 heteroatoms. The molecule has 7 nitrogen and oxygen atoms in total. The number of fused-ring (bicyclic) bond motifs is 1. The first-order chi connectivity index (χ1) is 10.7. The molecule has 0 saturated heterocycles. The van der Waals surface area contributed by atoms with Gasteiger partial charge in [0.25, 0.3) is 0 Å². The minimum Gasteiger partial charge on any atom is -0.465 e. The molecule has 0 aliphatic carbocycles. The van der Waals surface area contributed by atoms with E-state index in [2.05, 4.69) is 9.91 Å². The summed E-state index contributed by atoms with van der Waals surface area (Å²) in [6.45, 7) is 6.09. The predicted octanol–water partition coefficient (Wildman–Crippen LogP) is 3.16. The molecule has 0 bridgehead atoms. The van der Waals surface area contributed by atoms with Crippen LogP contribution in [0.2, 0.25) is 0 Å². The van der Waals surface area contributed by atoms with Gasteiger partial charge in [-0.1, -0.05) is 0 Å². The first kappa shape index (κ1) is 16.9. The lowest BCUT2D eigenvalue weighted by Crippen LogP contribution is -2.40. The van der Waals surface area contributed by atoms with Crippen molar-refractivity contribution in [1.82, 2.24) is 4.90 Å². The molecular formula is C16H20N2O5. The summed E-state index contributed by atoms with van der Waals surface area (Å²) in [4.78, 5) is 36.5. The Labute approximate surface area is 134 Å². The smallest absolute Gasteiger partial charge is 0.410 e. The van der Waals surface area contributed by atoms with Crippen molar-refractivity contribution in [2.75, 3.05) is 13.7 Å². The molecule has 0 saturated carbocycles. The topological polar surface area (TPSA) is 85.3 Å². The lowest BCUT2D eigenvalue weighted by Gasteiger charge is -2.31. The third-order valence-corrected chi connectivity index (χ3v) is 3.48. The highest BCUT2D eigenvalue weighted by molar-refractivity contribution is 5.91. The van der Waals surface area contributed by atoms with Crippen LogP contribution in [0.3, 0.4) is 0 Å². The van der Waals surface area contributed by atoms with Crippen LogP contribution in [0.25, 0.3) is 0 Å². The summed E-state index contributed by atoms with van der Waals surface area (Å²) in [6.07, 6.45) is 0.0594. The Kier molecular flexibility index (Phi) is 4.68. The molecule has 23 heavy (non-hydrogen) atoms. The minimum absolute atomic E-state index is 0.215. The zero-order valence-electron chi connectivity index (χ0n) is 13.7. The summed E-state index contributed by atoms with van der Waals surface area (Å²) in [6, 6.07) is 3.05. The largest absolute Gasteiger partial charge is 0.465 e. The summed E-state index contributed by atoms with van der Waals surface area (Å²) >= 11 is 0. The molecule has 1 aromatic rings. The van der Waals surface area contributed by atoms with Gasteiger partial charge in [-0.15, -0.1) is 4.91 Å². The van der Waals surface area contributed by atoms with Crippen molar-refractivity contribution in [1.29, 1.82) is 0 Å². The number of hydrogen-bond donors (Lipinski definition) is 0. The molecule has 0 aromatic heterocycles. The Morgan fingerprint density at radius 2 is 1.96 bits per heavy atom. The standard InChI is InChI=1S/C16H20N2O5/c1-16(2,3)23-15(20)18-6-5-12-11(9-18)7-10(14(19)22-4)8-13(12)17-21/h7-8H,5-6,9H2,1-4H3. The zero-order valence-corrected chi connectivity index (χ0v) is 13.7. The van der Waals surface area contributed by atoms with E-state index in [1.807, 2.05) is 0 Å². The first-order valence-corrected chi connectivity index (χ1v) is 7.30. The fraction of sp³-hybridized carbons (Fsp3) is 0.500.